The Morgan fingerprint density at radius 3 is 2.62 bits per heavy atom. The lowest BCUT2D eigenvalue weighted by Gasteiger charge is -1.99. The second kappa shape index (κ2) is 5.11. The largest absolute Gasteiger partial charge is 1.00 e. The normalized spacial score (nSPS) is 8.85. The molecule has 0 spiro atoms. The second-order valence-electron chi connectivity index (χ2n) is 2.34. The van der Waals surface area contributed by atoms with Gasteiger partial charge in [-0.3, -0.25) is 0 Å². The SMILES string of the molecule is COC(=O)c1ccc(S)c([NH3+])c1.[Cl-]. The molecule has 0 amide bonds. The number of carbonyl (C=O) groups excluding carboxylic acids is 1. The van der Waals surface area contributed by atoms with Gasteiger partial charge in [0.1, 0.15) is 5.69 Å². The van der Waals surface area contributed by atoms with Crippen molar-refractivity contribution >= 4 is 24.3 Å². The third kappa shape index (κ3) is 2.91. The zero-order chi connectivity index (χ0) is 9.14. The van der Waals surface area contributed by atoms with Crippen LogP contribution in [-0.4, -0.2) is 13.1 Å². The van der Waals surface area contributed by atoms with Crippen molar-refractivity contribution < 1.29 is 27.7 Å². The lowest BCUT2D eigenvalue weighted by Crippen LogP contribution is -3.00. The minimum absolute atomic E-state index is 0. The van der Waals surface area contributed by atoms with Gasteiger partial charge in [-0.2, -0.15) is 0 Å². The lowest BCUT2D eigenvalue weighted by molar-refractivity contribution is -0.258. The number of hydrogen-bond donors (Lipinski definition) is 2. The molecule has 0 heterocycles. The number of rotatable bonds is 1. The van der Waals surface area contributed by atoms with Gasteiger partial charge in [0.15, 0.2) is 0 Å². The number of carbonyl (C=O) groups is 1. The zero-order valence-corrected chi connectivity index (χ0v) is 8.73. The first-order chi connectivity index (χ1) is 5.65. The Kier molecular flexibility index (Phi) is 4.83. The Morgan fingerprint density at radius 1 is 1.54 bits per heavy atom. The monoisotopic (exact) mass is 219 g/mol. The van der Waals surface area contributed by atoms with Crippen LogP contribution in [0.15, 0.2) is 23.1 Å². The van der Waals surface area contributed by atoms with Crippen LogP contribution in [0.3, 0.4) is 0 Å². The van der Waals surface area contributed by atoms with Gasteiger partial charge in [0.05, 0.1) is 17.6 Å². The summed E-state index contributed by atoms with van der Waals surface area (Å²) >= 11 is 4.13. The number of ether oxygens (including phenoxy) is 1. The number of thiol groups is 1. The standard InChI is InChI=1S/C8H9NO2S.ClH/c1-11-8(10)5-2-3-7(12)6(9)4-5;/h2-4,12H,9H2,1H3;1H. The molecule has 1 aromatic rings. The number of quaternary nitrogens is 1. The fraction of sp³-hybridized carbons (Fsp3) is 0.125. The Balaban J connectivity index is 0.00000144. The average molecular weight is 220 g/mol. The molecule has 0 saturated heterocycles. The van der Waals surface area contributed by atoms with E-state index >= 15 is 0 Å². The summed E-state index contributed by atoms with van der Waals surface area (Å²) in [5, 5.41) is 0. The predicted molar refractivity (Wildman–Crippen MR) is 47.6 cm³/mol. The first kappa shape index (κ1) is 12.3. The van der Waals surface area contributed by atoms with E-state index in [1.165, 1.54) is 7.11 Å². The van der Waals surface area contributed by atoms with Crippen LogP contribution in [0.4, 0.5) is 5.69 Å². The van der Waals surface area contributed by atoms with Gasteiger partial charge >= 0.3 is 5.97 Å². The summed E-state index contributed by atoms with van der Waals surface area (Å²) in [7, 11) is 1.35. The molecule has 0 atom stereocenters. The molecule has 1 rings (SSSR count). The molecule has 0 saturated carbocycles. The number of esters is 1. The van der Waals surface area contributed by atoms with Gasteiger partial charge in [-0.25, -0.2) is 4.79 Å². The topological polar surface area (TPSA) is 53.9 Å². The van der Waals surface area contributed by atoms with Crippen molar-refractivity contribution in [2.24, 2.45) is 0 Å². The molecule has 0 aliphatic carbocycles. The van der Waals surface area contributed by atoms with Crippen LogP contribution in [0.2, 0.25) is 0 Å². The second-order valence-corrected chi connectivity index (χ2v) is 2.82. The summed E-state index contributed by atoms with van der Waals surface area (Å²) in [5.41, 5.74) is 4.94. The first-order valence-electron chi connectivity index (χ1n) is 3.38. The molecule has 3 nitrogen and oxygen atoms in total. The summed E-state index contributed by atoms with van der Waals surface area (Å²) in [6, 6.07) is 5.02. The van der Waals surface area contributed by atoms with Crippen molar-refractivity contribution in [3.8, 4) is 0 Å². The molecule has 0 fully saturated rings. The van der Waals surface area contributed by atoms with Gasteiger partial charge < -0.3 is 22.9 Å². The van der Waals surface area contributed by atoms with Gasteiger partial charge in [0, 0.05) is 6.07 Å². The molecule has 0 radical (unpaired) electrons. The van der Waals surface area contributed by atoms with Crippen LogP contribution in [0.5, 0.6) is 0 Å². The van der Waals surface area contributed by atoms with E-state index in [0.717, 1.165) is 10.6 Å². The molecular formula is C8H10ClNO2S. The van der Waals surface area contributed by atoms with E-state index in [1.807, 2.05) is 0 Å². The molecule has 5 heteroatoms. The van der Waals surface area contributed by atoms with Crippen LogP contribution in [0, 0.1) is 0 Å². The van der Waals surface area contributed by atoms with Crippen molar-refractivity contribution in [1.29, 1.82) is 0 Å². The van der Waals surface area contributed by atoms with Crippen molar-refractivity contribution in [3.05, 3.63) is 23.8 Å². The maximum Gasteiger partial charge on any atom is 0.338 e. The molecule has 0 unspecified atom stereocenters. The highest BCUT2D eigenvalue weighted by Crippen LogP contribution is 2.16. The fourth-order valence-corrected chi connectivity index (χ4v) is 0.969. The van der Waals surface area contributed by atoms with Crippen LogP contribution < -0.4 is 18.1 Å². The summed E-state index contributed by atoms with van der Waals surface area (Å²) < 4.78 is 4.54. The molecule has 0 aliphatic heterocycles. The summed E-state index contributed by atoms with van der Waals surface area (Å²) in [5.74, 6) is -0.353. The molecule has 3 N–H and O–H groups in total. The highest BCUT2D eigenvalue weighted by atomic mass is 35.5. The fourth-order valence-electron chi connectivity index (χ4n) is 0.830. The van der Waals surface area contributed by atoms with Crippen LogP contribution in [0.25, 0.3) is 0 Å². The Bertz CT molecular complexity index is 317. The minimum Gasteiger partial charge on any atom is -1.00 e. The maximum atomic E-state index is 11.0. The summed E-state index contributed by atoms with van der Waals surface area (Å²) in [6.07, 6.45) is 0. The third-order valence-corrected chi connectivity index (χ3v) is 1.94. The van der Waals surface area contributed by atoms with Gasteiger partial charge in [0.25, 0.3) is 0 Å². The Morgan fingerprint density at radius 2 is 2.15 bits per heavy atom. The van der Waals surface area contributed by atoms with Crippen molar-refractivity contribution in [2.45, 2.75) is 4.90 Å². The predicted octanol–water partition coefficient (Wildman–Crippen LogP) is -2.36. The van der Waals surface area contributed by atoms with Gasteiger partial charge in [0.2, 0.25) is 0 Å². The number of halogens is 1. The van der Waals surface area contributed by atoms with E-state index in [4.69, 9.17) is 0 Å². The van der Waals surface area contributed by atoms with Gasteiger partial charge in [-0.1, -0.05) is 0 Å². The van der Waals surface area contributed by atoms with Crippen LogP contribution >= 0.6 is 12.6 Å². The van der Waals surface area contributed by atoms with Crippen molar-refractivity contribution in [2.75, 3.05) is 7.11 Å². The number of methoxy groups -OCH3 is 1. The Labute approximate surface area is 88.1 Å². The molecule has 13 heavy (non-hydrogen) atoms. The average Bonchev–Trinajstić information content (AvgIpc) is 2.08. The molecule has 0 aromatic heterocycles. The van der Waals surface area contributed by atoms with E-state index in [0.29, 0.717) is 5.56 Å². The first-order valence-corrected chi connectivity index (χ1v) is 3.83. The Hall–Kier alpha value is -0.710. The maximum absolute atomic E-state index is 11.0. The third-order valence-electron chi connectivity index (χ3n) is 1.50. The molecule has 1 aromatic carbocycles. The van der Waals surface area contributed by atoms with E-state index in [2.05, 4.69) is 23.1 Å². The van der Waals surface area contributed by atoms with E-state index < -0.39 is 0 Å². The lowest BCUT2D eigenvalue weighted by atomic mass is 10.2. The van der Waals surface area contributed by atoms with E-state index in [-0.39, 0.29) is 18.4 Å². The number of benzene rings is 1. The highest BCUT2D eigenvalue weighted by Gasteiger charge is 2.07. The van der Waals surface area contributed by atoms with E-state index in [9.17, 15) is 4.79 Å². The summed E-state index contributed by atoms with van der Waals surface area (Å²) in [6.45, 7) is 0. The van der Waals surface area contributed by atoms with E-state index in [1.54, 1.807) is 18.2 Å². The van der Waals surface area contributed by atoms with Crippen molar-refractivity contribution in [1.82, 2.24) is 0 Å². The minimum atomic E-state index is -0.353. The number of hydrogen-bond acceptors (Lipinski definition) is 3. The highest BCUT2D eigenvalue weighted by molar-refractivity contribution is 7.80. The van der Waals surface area contributed by atoms with Gasteiger partial charge in [-0.05, 0) is 12.1 Å². The molecule has 0 aliphatic rings. The molecule has 72 valence electrons. The smallest absolute Gasteiger partial charge is 0.338 e. The molecular weight excluding hydrogens is 210 g/mol. The molecule has 0 bridgehead atoms. The zero-order valence-electron chi connectivity index (χ0n) is 7.08. The van der Waals surface area contributed by atoms with Gasteiger partial charge in [-0.15, -0.1) is 12.6 Å². The van der Waals surface area contributed by atoms with Crippen LogP contribution in [0.1, 0.15) is 10.4 Å². The quantitative estimate of drug-likeness (QED) is 0.410. The van der Waals surface area contributed by atoms with Crippen molar-refractivity contribution in [3.63, 3.8) is 0 Å². The van der Waals surface area contributed by atoms with Crippen LogP contribution in [-0.2, 0) is 4.74 Å². The summed E-state index contributed by atoms with van der Waals surface area (Å²) in [4.78, 5) is 11.8.